The number of hydrogen-bond donors (Lipinski definition) is 1. The van der Waals surface area contributed by atoms with E-state index in [9.17, 15) is 9.59 Å². The zero-order valence-electron chi connectivity index (χ0n) is 15.3. The van der Waals surface area contributed by atoms with Crippen molar-refractivity contribution in [2.45, 2.75) is 59.0 Å². The SMILES string of the molecule is CC(C)(C)OC(=O)N1CCCCC1.CCC(=O)Nc1ccccc1. The quantitative estimate of drug-likeness (QED) is 0.869. The average molecular weight is 334 g/mol. The van der Waals surface area contributed by atoms with Gasteiger partial charge in [0.25, 0.3) is 0 Å². The predicted molar refractivity (Wildman–Crippen MR) is 97.0 cm³/mol. The van der Waals surface area contributed by atoms with E-state index in [1.165, 1.54) is 6.42 Å². The summed E-state index contributed by atoms with van der Waals surface area (Å²) in [5.41, 5.74) is 0.494. The van der Waals surface area contributed by atoms with Crippen molar-refractivity contribution in [3.63, 3.8) is 0 Å². The van der Waals surface area contributed by atoms with Crippen LogP contribution >= 0.6 is 0 Å². The standard InChI is InChI=1S/C10H19NO2.C9H11NO/c1-10(2,3)13-9(12)11-7-5-4-6-8-11;1-2-9(11)10-8-6-4-3-5-7-8/h4-8H2,1-3H3;3-7H,2H2,1H3,(H,10,11). The van der Waals surface area contributed by atoms with E-state index in [1.807, 2.05) is 58.0 Å². The molecule has 1 fully saturated rings. The molecule has 0 radical (unpaired) electrons. The number of piperidine rings is 1. The van der Waals surface area contributed by atoms with Gasteiger partial charge < -0.3 is 15.0 Å². The number of anilines is 1. The van der Waals surface area contributed by atoms with Gasteiger partial charge in [0.05, 0.1) is 0 Å². The van der Waals surface area contributed by atoms with Gasteiger partial charge in [-0.1, -0.05) is 25.1 Å². The van der Waals surface area contributed by atoms with E-state index in [1.54, 1.807) is 4.90 Å². The van der Waals surface area contributed by atoms with Gasteiger partial charge in [0.15, 0.2) is 0 Å². The number of nitrogens with zero attached hydrogens (tertiary/aromatic N) is 1. The fourth-order valence-corrected chi connectivity index (χ4v) is 2.17. The van der Waals surface area contributed by atoms with Crippen molar-refractivity contribution < 1.29 is 14.3 Å². The third kappa shape index (κ3) is 8.56. The summed E-state index contributed by atoms with van der Waals surface area (Å²) in [6.45, 7) is 9.24. The molecular weight excluding hydrogens is 304 g/mol. The lowest BCUT2D eigenvalue weighted by atomic mass is 10.1. The van der Waals surface area contributed by atoms with Crippen molar-refractivity contribution in [2.75, 3.05) is 18.4 Å². The second kappa shape index (κ2) is 9.96. The zero-order valence-corrected chi connectivity index (χ0v) is 15.3. The number of rotatable bonds is 2. The van der Waals surface area contributed by atoms with Gasteiger partial charge in [-0.05, 0) is 52.2 Å². The van der Waals surface area contributed by atoms with Crippen LogP contribution in [0.15, 0.2) is 30.3 Å². The molecule has 1 heterocycles. The second-order valence-electron chi connectivity index (χ2n) is 6.80. The van der Waals surface area contributed by atoms with Crippen molar-refractivity contribution in [3.8, 4) is 0 Å². The summed E-state index contributed by atoms with van der Waals surface area (Å²) in [6.07, 6.45) is 3.82. The molecule has 0 aliphatic carbocycles. The van der Waals surface area contributed by atoms with Gasteiger partial charge >= 0.3 is 6.09 Å². The number of hydrogen-bond acceptors (Lipinski definition) is 3. The lowest BCUT2D eigenvalue weighted by Gasteiger charge is -2.29. The number of likely N-dealkylation sites (tertiary alicyclic amines) is 1. The molecule has 0 spiro atoms. The summed E-state index contributed by atoms with van der Waals surface area (Å²) < 4.78 is 5.26. The van der Waals surface area contributed by atoms with Crippen LogP contribution in [-0.2, 0) is 9.53 Å². The molecule has 2 rings (SSSR count). The highest BCUT2D eigenvalue weighted by Crippen LogP contribution is 2.14. The maximum atomic E-state index is 11.5. The molecule has 0 unspecified atom stereocenters. The second-order valence-corrected chi connectivity index (χ2v) is 6.80. The molecule has 0 atom stereocenters. The highest BCUT2D eigenvalue weighted by Gasteiger charge is 2.22. The molecule has 1 N–H and O–H groups in total. The summed E-state index contributed by atoms with van der Waals surface area (Å²) in [6, 6.07) is 9.44. The van der Waals surface area contributed by atoms with Crippen LogP contribution in [0.3, 0.4) is 0 Å². The summed E-state index contributed by atoms with van der Waals surface area (Å²) in [4.78, 5) is 24.2. The van der Waals surface area contributed by atoms with Crippen LogP contribution in [0.2, 0.25) is 0 Å². The number of para-hydroxylation sites is 1. The topological polar surface area (TPSA) is 58.6 Å². The molecular formula is C19H30N2O3. The largest absolute Gasteiger partial charge is 0.444 e. The highest BCUT2D eigenvalue weighted by molar-refractivity contribution is 5.90. The molecule has 134 valence electrons. The van der Waals surface area contributed by atoms with Crippen LogP contribution in [0.25, 0.3) is 0 Å². The molecule has 1 aromatic rings. The van der Waals surface area contributed by atoms with Gasteiger partial charge in [0, 0.05) is 25.2 Å². The number of carbonyl (C=O) groups excluding carboxylic acids is 2. The van der Waals surface area contributed by atoms with Gasteiger partial charge in [-0.15, -0.1) is 0 Å². The van der Waals surface area contributed by atoms with Crippen molar-refractivity contribution in [1.29, 1.82) is 0 Å². The number of benzene rings is 1. The van der Waals surface area contributed by atoms with Crippen LogP contribution in [0.1, 0.15) is 53.4 Å². The minimum Gasteiger partial charge on any atom is -0.444 e. The molecule has 1 saturated heterocycles. The Bertz CT molecular complexity index is 503. The van der Waals surface area contributed by atoms with Crippen molar-refractivity contribution in [2.24, 2.45) is 0 Å². The smallest absolute Gasteiger partial charge is 0.410 e. The van der Waals surface area contributed by atoms with Gasteiger partial charge in [0.2, 0.25) is 5.91 Å². The molecule has 1 aliphatic heterocycles. The molecule has 1 aromatic carbocycles. The maximum absolute atomic E-state index is 11.5. The van der Waals surface area contributed by atoms with Gasteiger partial charge in [0.1, 0.15) is 5.60 Å². The Morgan fingerprint density at radius 2 is 1.67 bits per heavy atom. The summed E-state index contributed by atoms with van der Waals surface area (Å²) in [7, 11) is 0. The van der Waals surface area contributed by atoms with E-state index in [-0.39, 0.29) is 17.6 Å². The first-order valence-corrected chi connectivity index (χ1v) is 8.64. The van der Waals surface area contributed by atoms with Crippen LogP contribution in [0, 0.1) is 0 Å². The lowest BCUT2D eigenvalue weighted by Crippen LogP contribution is -2.39. The number of amides is 2. The highest BCUT2D eigenvalue weighted by atomic mass is 16.6. The average Bonchev–Trinajstić information content (AvgIpc) is 2.55. The molecule has 24 heavy (non-hydrogen) atoms. The fraction of sp³-hybridized carbons (Fsp3) is 0.579. The Balaban J connectivity index is 0.000000243. The monoisotopic (exact) mass is 334 g/mol. The molecule has 2 amide bonds. The van der Waals surface area contributed by atoms with E-state index >= 15 is 0 Å². The molecule has 0 aromatic heterocycles. The predicted octanol–water partition coefficient (Wildman–Crippen LogP) is 4.44. The first-order chi connectivity index (χ1) is 11.3. The third-order valence-corrected chi connectivity index (χ3v) is 3.39. The van der Waals surface area contributed by atoms with Crippen LogP contribution < -0.4 is 5.32 Å². The molecule has 5 heteroatoms. The normalized spacial score (nSPS) is 14.2. The Hall–Kier alpha value is -2.04. The number of nitrogens with one attached hydrogen (secondary N) is 1. The lowest BCUT2D eigenvalue weighted by molar-refractivity contribution is -0.115. The van der Waals surface area contributed by atoms with E-state index in [0.29, 0.717) is 6.42 Å². The molecule has 0 bridgehead atoms. The Morgan fingerprint density at radius 3 is 2.17 bits per heavy atom. The van der Waals surface area contributed by atoms with E-state index in [2.05, 4.69) is 5.32 Å². The maximum Gasteiger partial charge on any atom is 0.410 e. The van der Waals surface area contributed by atoms with E-state index < -0.39 is 0 Å². The number of carbonyl (C=O) groups is 2. The van der Waals surface area contributed by atoms with Crippen molar-refractivity contribution in [3.05, 3.63) is 30.3 Å². The minimum absolute atomic E-state index is 0.0520. The molecule has 5 nitrogen and oxygen atoms in total. The van der Waals surface area contributed by atoms with E-state index in [4.69, 9.17) is 4.74 Å². The molecule has 1 aliphatic rings. The van der Waals surface area contributed by atoms with Gasteiger partial charge in [-0.2, -0.15) is 0 Å². The van der Waals surface area contributed by atoms with Crippen LogP contribution in [0.5, 0.6) is 0 Å². The Labute approximate surface area is 145 Å². The number of ether oxygens (including phenoxy) is 1. The minimum atomic E-state index is -0.367. The Morgan fingerprint density at radius 1 is 1.08 bits per heavy atom. The van der Waals surface area contributed by atoms with Crippen molar-refractivity contribution >= 4 is 17.7 Å². The zero-order chi connectivity index (χ0) is 18.0. The Kier molecular flexibility index (Phi) is 8.30. The van der Waals surface area contributed by atoms with Gasteiger partial charge in [-0.3, -0.25) is 4.79 Å². The van der Waals surface area contributed by atoms with Crippen molar-refractivity contribution in [1.82, 2.24) is 4.90 Å². The summed E-state index contributed by atoms with van der Waals surface area (Å²) in [5.74, 6) is 0.0520. The molecule has 0 saturated carbocycles. The van der Waals surface area contributed by atoms with Gasteiger partial charge in [-0.25, -0.2) is 4.79 Å². The third-order valence-electron chi connectivity index (χ3n) is 3.39. The van der Waals surface area contributed by atoms with Crippen LogP contribution in [0.4, 0.5) is 10.5 Å². The summed E-state index contributed by atoms with van der Waals surface area (Å²) in [5, 5.41) is 2.75. The first-order valence-electron chi connectivity index (χ1n) is 8.64. The summed E-state index contributed by atoms with van der Waals surface area (Å²) >= 11 is 0. The van der Waals surface area contributed by atoms with E-state index in [0.717, 1.165) is 31.6 Å². The first kappa shape index (κ1) is 20.0. The fourth-order valence-electron chi connectivity index (χ4n) is 2.17. The van der Waals surface area contributed by atoms with Crippen LogP contribution in [-0.4, -0.2) is 35.6 Å².